The van der Waals surface area contributed by atoms with Gasteiger partial charge in [-0.3, -0.25) is 0 Å². The fraction of sp³-hybridized carbons (Fsp3) is 0.950. The molecule has 0 radical (unpaired) electrons. The van der Waals surface area contributed by atoms with Gasteiger partial charge >= 0.3 is 5.97 Å². The predicted molar refractivity (Wildman–Crippen MR) is 106 cm³/mol. The molecule has 0 aromatic heterocycles. The fourth-order valence-corrected chi connectivity index (χ4v) is 4.37. The number of aliphatic hydroxyl groups excluding tert-OH is 6. The molecule has 3 rings (SSSR count). The number of hydrogen-bond acceptors (Lipinski definition) is 12. The van der Waals surface area contributed by atoms with Crippen molar-refractivity contribution >= 4 is 5.97 Å². The summed E-state index contributed by atoms with van der Waals surface area (Å²) in [5.74, 6) is -1.30. The molecule has 2 heterocycles. The van der Waals surface area contributed by atoms with Crippen molar-refractivity contribution in [2.45, 2.75) is 106 Å². The maximum absolute atomic E-state index is 10.8. The van der Waals surface area contributed by atoms with Gasteiger partial charge in [-0.05, 0) is 19.8 Å². The molecule has 7 N–H and O–H groups in total. The molecule has 0 aromatic rings. The number of carboxylic acids is 1. The lowest BCUT2D eigenvalue weighted by molar-refractivity contribution is -0.343. The van der Waals surface area contributed by atoms with E-state index in [9.17, 15) is 35.4 Å². The van der Waals surface area contributed by atoms with Crippen LogP contribution in [0.4, 0.5) is 0 Å². The van der Waals surface area contributed by atoms with Gasteiger partial charge in [0.1, 0.15) is 49.3 Å². The van der Waals surface area contributed by atoms with Crippen LogP contribution in [0.15, 0.2) is 0 Å². The van der Waals surface area contributed by atoms with E-state index in [1.807, 2.05) is 0 Å². The fourth-order valence-electron chi connectivity index (χ4n) is 4.37. The Labute approximate surface area is 190 Å². The summed E-state index contributed by atoms with van der Waals surface area (Å²) < 4.78 is 27.9. The third-order valence-corrected chi connectivity index (χ3v) is 6.29. The lowest BCUT2D eigenvalue weighted by Crippen LogP contribution is -2.62. The first-order valence-corrected chi connectivity index (χ1v) is 11.1. The van der Waals surface area contributed by atoms with Gasteiger partial charge in [0.15, 0.2) is 12.6 Å². The summed E-state index contributed by atoms with van der Waals surface area (Å²) in [6.07, 6.45) is -11.9. The Morgan fingerprint density at radius 1 is 0.848 bits per heavy atom. The van der Waals surface area contributed by atoms with Gasteiger partial charge in [0, 0.05) is 0 Å². The highest BCUT2D eigenvalue weighted by Crippen LogP contribution is 2.32. The van der Waals surface area contributed by atoms with Crippen LogP contribution in [-0.2, 0) is 28.5 Å². The lowest BCUT2D eigenvalue weighted by Gasteiger charge is -2.45. The average Bonchev–Trinajstić information content (AvgIpc) is 2.78. The summed E-state index contributed by atoms with van der Waals surface area (Å²) in [6.45, 7) is 0.141. The van der Waals surface area contributed by atoms with E-state index in [0.29, 0.717) is 12.8 Å². The van der Waals surface area contributed by atoms with E-state index in [-0.39, 0.29) is 0 Å². The molecule has 1 aliphatic carbocycles. The second kappa shape index (κ2) is 11.6. The maximum atomic E-state index is 10.8. The van der Waals surface area contributed by atoms with Gasteiger partial charge in [-0.15, -0.1) is 0 Å². The maximum Gasteiger partial charge on any atom is 0.329 e. The minimum absolute atomic E-state index is 0.494. The van der Waals surface area contributed by atoms with Gasteiger partial charge in [-0.2, -0.15) is 0 Å². The van der Waals surface area contributed by atoms with E-state index in [4.69, 9.17) is 28.8 Å². The van der Waals surface area contributed by atoms with Crippen molar-refractivity contribution in [3.8, 4) is 0 Å². The molecule has 0 spiro atoms. The number of aliphatic hydroxyl groups is 6. The second-order valence-electron chi connectivity index (χ2n) is 8.69. The predicted octanol–water partition coefficient (Wildman–Crippen LogP) is -2.93. The summed E-state index contributed by atoms with van der Waals surface area (Å²) in [7, 11) is 0. The van der Waals surface area contributed by atoms with Crippen LogP contribution < -0.4 is 0 Å². The number of carbonyl (C=O) groups is 1. The topological polar surface area (TPSA) is 205 Å². The lowest BCUT2D eigenvalue weighted by atomic mass is 9.93. The molecule has 0 aromatic carbocycles. The van der Waals surface area contributed by atoms with Crippen LogP contribution >= 0.6 is 0 Å². The molecular formula is C20H34O13. The Bertz CT molecular complexity index is 635. The molecule has 1 saturated carbocycles. The van der Waals surface area contributed by atoms with Crippen LogP contribution in [-0.4, -0.2) is 129 Å². The molecule has 13 heteroatoms. The molecule has 0 bridgehead atoms. The highest BCUT2D eigenvalue weighted by Gasteiger charge is 2.48. The molecule has 192 valence electrons. The first-order chi connectivity index (χ1) is 15.6. The first-order valence-electron chi connectivity index (χ1n) is 11.1. The van der Waals surface area contributed by atoms with Crippen LogP contribution in [0.2, 0.25) is 0 Å². The summed E-state index contributed by atoms with van der Waals surface area (Å²) in [6, 6.07) is 0. The molecule has 12 atom stereocenters. The molecular weight excluding hydrogens is 448 g/mol. The Hall–Kier alpha value is -0.970. The molecule has 0 amide bonds. The second-order valence-corrected chi connectivity index (χ2v) is 8.69. The van der Waals surface area contributed by atoms with Gasteiger partial charge in [0.05, 0.1) is 24.9 Å². The summed E-state index contributed by atoms with van der Waals surface area (Å²) in [4.78, 5) is 10.8. The number of ether oxygens (including phenoxy) is 5. The monoisotopic (exact) mass is 482 g/mol. The third kappa shape index (κ3) is 6.18. The molecule has 2 aliphatic heterocycles. The Balaban J connectivity index is 1.68. The zero-order valence-electron chi connectivity index (χ0n) is 18.3. The summed E-state index contributed by atoms with van der Waals surface area (Å²) >= 11 is 0. The molecule has 0 unspecified atom stereocenters. The average molecular weight is 482 g/mol. The molecule has 3 fully saturated rings. The Morgan fingerprint density at radius 2 is 1.42 bits per heavy atom. The number of hydrogen-bond donors (Lipinski definition) is 7. The number of aliphatic carboxylic acids is 1. The smallest absolute Gasteiger partial charge is 0.329 e. The van der Waals surface area contributed by atoms with Crippen molar-refractivity contribution in [2.75, 3.05) is 13.2 Å². The van der Waals surface area contributed by atoms with Gasteiger partial charge in [-0.1, -0.05) is 12.8 Å². The van der Waals surface area contributed by atoms with Gasteiger partial charge < -0.3 is 59.4 Å². The molecule has 33 heavy (non-hydrogen) atoms. The van der Waals surface area contributed by atoms with E-state index >= 15 is 0 Å². The number of carboxylic acid groups (broad SMARTS) is 1. The van der Waals surface area contributed by atoms with Crippen LogP contribution in [0.1, 0.15) is 32.6 Å². The Kier molecular flexibility index (Phi) is 9.39. The van der Waals surface area contributed by atoms with E-state index < -0.39 is 92.8 Å². The first kappa shape index (κ1) is 26.6. The Morgan fingerprint density at radius 3 is 1.97 bits per heavy atom. The van der Waals surface area contributed by atoms with Crippen molar-refractivity contribution in [3.63, 3.8) is 0 Å². The highest BCUT2D eigenvalue weighted by molar-refractivity contribution is 5.68. The van der Waals surface area contributed by atoms with Crippen molar-refractivity contribution < 1.29 is 64.2 Å². The van der Waals surface area contributed by atoms with Gasteiger partial charge in [-0.25, -0.2) is 4.79 Å². The summed E-state index contributed by atoms with van der Waals surface area (Å²) in [5, 5.41) is 69.4. The van der Waals surface area contributed by atoms with Crippen LogP contribution in [0.5, 0.6) is 0 Å². The molecule has 2 saturated heterocycles. The van der Waals surface area contributed by atoms with Crippen LogP contribution in [0, 0.1) is 0 Å². The minimum Gasteiger partial charge on any atom is -0.480 e. The van der Waals surface area contributed by atoms with Crippen molar-refractivity contribution in [2.24, 2.45) is 0 Å². The zero-order chi connectivity index (χ0) is 24.3. The van der Waals surface area contributed by atoms with Crippen LogP contribution in [0.25, 0.3) is 0 Å². The largest absolute Gasteiger partial charge is 0.480 e. The SMILES string of the molecule is C[C@@H]1O[C@@H](O[C@@H]2CCCC[C@H]2O[C@@H]2O[C@H](CO)[C@H](O)[C@H](OCC(=O)O)[C@H]2O)[C@@H](O)[C@H](O)[C@@H]1O. The standard InChI is InChI=1S/C20H34O13/c1-8-13(24)15(26)16(27)19(30-8)31-9-4-2-3-5-10(9)32-20-17(28)18(29-7-12(22)23)14(25)11(6-21)33-20/h8-11,13-21,24-28H,2-7H2,1H3,(H,22,23)/t8-,9+,10+,11+,13+,14-,15+,16-,17+,18-,19-,20+/m0/s1. The van der Waals surface area contributed by atoms with Crippen LogP contribution in [0.3, 0.4) is 0 Å². The van der Waals surface area contributed by atoms with Crippen molar-refractivity contribution in [1.82, 2.24) is 0 Å². The van der Waals surface area contributed by atoms with Crippen molar-refractivity contribution in [3.05, 3.63) is 0 Å². The normalized spacial score (nSPS) is 46.8. The quantitative estimate of drug-likeness (QED) is 0.185. The van der Waals surface area contributed by atoms with E-state index in [2.05, 4.69) is 0 Å². The third-order valence-electron chi connectivity index (χ3n) is 6.29. The number of rotatable bonds is 8. The van der Waals surface area contributed by atoms with E-state index in [0.717, 1.165) is 12.8 Å². The highest BCUT2D eigenvalue weighted by atomic mass is 16.7. The van der Waals surface area contributed by atoms with Crippen molar-refractivity contribution in [1.29, 1.82) is 0 Å². The summed E-state index contributed by atoms with van der Waals surface area (Å²) in [5.41, 5.74) is 0. The van der Waals surface area contributed by atoms with E-state index in [1.54, 1.807) is 0 Å². The van der Waals surface area contributed by atoms with Gasteiger partial charge in [0.25, 0.3) is 0 Å². The minimum atomic E-state index is -1.56. The van der Waals surface area contributed by atoms with Gasteiger partial charge in [0.2, 0.25) is 0 Å². The molecule has 13 nitrogen and oxygen atoms in total. The zero-order valence-corrected chi connectivity index (χ0v) is 18.3. The van der Waals surface area contributed by atoms with E-state index in [1.165, 1.54) is 6.92 Å². The molecule has 3 aliphatic rings.